The Hall–Kier alpha value is -4.46. The quantitative estimate of drug-likeness (QED) is 0.302. The molecule has 3 aromatic heterocycles. The lowest BCUT2D eigenvalue weighted by atomic mass is 10.0. The van der Waals surface area contributed by atoms with E-state index in [4.69, 9.17) is 4.98 Å². The normalized spacial score (nSPS) is 11.3. The van der Waals surface area contributed by atoms with Gasteiger partial charge in [-0.2, -0.15) is 5.10 Å². The molecule has 0 spiro atoms. The zero-order valence-electron chi connectivity index (χ0n) is 21.2. The van der Waals surface area contributed by atoms with E-state index in [2.05, 4.69) is 15.1 Å². The van der Waals surface area contributed by atoms with Crippen molar-refractivity contribution < 1.29 is 9.18 Å². The maximum Gasteiger partial charge on any atom is 0.257 e. The molecule has 5 aromatic rings. The van der Waals surface area contributed by atoms with Crippen molar-refractivity contribution in [1.29, 1.82) is 0 Å². The summed E-state index contributed by atoms with van der Waals surface area (Å²) < 4.78 is 15.1. The maximum absolute atomic E-state index is 13.6. The van der Waals surface area contributed by atoms with Gasteiger partial charge in [0.1, 0.15) is 5.82 Å². The Bertz CT molecular complexity index is 1590. The molecule has 0 bridgehead atoms. The highest BCUT2D eigenvalue weighted by Crippen LogP contribution is 2.27. The van der Waals surface area contributed by atoms with Gasteiger partial charge in [-0.1, -0.05) is 32.0 Å². The van der Waals surface area contributed by atoms with Crippen LogP contribution in [0.5, 0.6) is 0 Å². The van der Waals surface area contributed by atoms with Crippen LogP contribution in [-0.4, -0.2) is 42.6 Å². The van der Waals surface area contributed by atoms with Crippen LogP contribution in [0.1, 0.15) is 46.9 Å². The van der Waals surface area contributed by atoms with E-state index in [0.29, 0.717) is 23.8 Å². The standard InChI is InChI=1S/C29H27FN6O/c1-18(2)27-24(28(37)35(4)17-21-7-5-9-25-23(21)8-6-14-31-25)16-33-36(27)29-32-15-19(3)26(34-29)20-10-12-22(30)13-11-20/h5-16,18H,17H2,1-4H3. The van der Waals surface area contributed by atoms with E-state index >= 15 is 0 Å². The zero-order valence-corrected chi connectivity index (χ0v) is 21.2. The fourth-order valence-electron chi connectivity index (χ4n) is 4.51. The Kier molecular flexibility index (Phi) is 6.48. The summed E-state index contributed by atoms with van der Waals surface area (Å²) in [4.78, 5) is 29.0. The SMILES string of the molecule is Cc1cnc(-n2ncc(C(=O)N(C)Cc3cccc4ncccc34)c2C(C)C)nc1-c1ccc(F)cc1. The minimum atomic E-state index is -0.308. The van der Waals surface area contributed by atoms with Gasteiger partial charge in [0.05, 0.1) is 28.7 Å². The van der Waals surface area contributed by atoms with Crippen LogP contribution in [0.2, 0.25) is 0 Å². The van der Waals surface area contributed by atoms with Crippen molar-refractivity contribution in [2.75, 3.05) is 7.05 Å². The molecule has 0 unspecified atom stereocenters. The van der Waals surface area contributed by atoms with Gasteiger partial charge in [0.25, 0.3) is 11.9 Å². The van der Waals surface area contributed by atoms with Crippen LogP contribution in [0.4, 0.5) is 4.39 Å². The summed E-state index contributed by atoms with van der Waals surface area (Å²) in [5.74, 6) is -0.107. The van der Waals surface area contributed by atoms with Gasteiger partial charge in [0, 0.05) is 36.9 Å². The van der Waals surface area contributed by atoms with Gasteiger partial charge in [-0.25, -0.2) is 19.0 Å². The first kappa shape index (κ1) is 24.2. The number of aromatic nitrogens is 5. The number of pyridine rings is 1. The average Bonchev–Trinajstić information content (AvgIpc) is 3.35. The molecule has 1 amide bonds. The largest absolute Gasteiger partial charge is 0.337 e. The molecule has 0 aliphatic carbocycles. The van der Waals surface area contributed by atoms with Gasteiger partial charge in [0.2, 0.25) is 0 Å². The first-order valence-corrected chi connectivity index (χ1v) is 12.1. The molecule has 0 saturated heterocycles. The Morgan fingerprint density at radius 2 is 1.81 bits per heavy atom. The third-order valence-corrected chi connectivity index (χ3v) is 6.34. The highest BCUT2D eigenvalue weighted by molar-refractivity contribution is 5.95. The molecule has 0 radical (unpaired) electrons. The highest BCUT2D eigenvalue weighted by Gasteiger charge is 2.25. The molecule has 37 heavy (non-hydrogen) atoms. The Morgan fingerprint density at radius 1 is 1.03 bits per heavy atom. The van der Waals surface area contributed by atoms with Crippen LogP contribution in [-0.2, 0) is 6.54 Å². The minimum Gasteiger partial charge on any atom is -0.337 e. The third kappa shape index (κ3) is 4.70. The monoisotopic (exact) mass is 494 g/mol. The predicted molar refractivity (Wildman–Crippen MR) is 141 cm³/mol. The number of carbonyl (C=O) groups excluding carboxylic acids is 1. The second-order valence-electron chi connectivity index (χ2n) is 9.37. The first-order chi connectivity index (χ1) is 17.8. The highest BCUT2D eigenvalue weighted by atomic mass is 19.1. The van der Waals surface area contributed by atoms with Crippen molar-refractivity contribution in [3.8, 4) is 17.2 Å². The lowest BCUT2D eigenvalue weighted by Gasteiger charge is -2.19. The summed E-state index contributed by atoms with van der Waals surface area (Å²) in [5, 5.41) is 5.54. The van der Waals surface area contributed by atoms with Gasteiger partial charge in [-0.15, -0.1) is 0 Å². The smallest absolute Gasteiger partial charge is 0.257 e. The molecule has 0 N–H and O–H groups in total. The van der Waals surface area contributed by atoms with Crippen molar-refractivity contribution in [3.05, 3.63) is 101 Å². The lowest BCUT2D eigenvalue weighted by Crippen LogP contribution is -2.27. The number of benzene rings is 2. The van der Waals surface area contributed by atoms with Crippen LogP contribution in [0.15, 0.2) is 73.2 Å². The van der Waals surface area contributed by atoms with Gasteiger partial charge < -0.3 is 4.90 Å². The lowest BCUT2D eigenvalue weighted by molar-refractivity contribution is 0.0784. The number of hydrogen-bond acceptors (Lipinski definition) is 5. The van der Waals surface area contributed by atoms with E-state index in [1.807, 2.05) is 51.1 Å². The summed E-state index contributed by atoms with van der Waals surface area (Å²) in [6, 6.07) is 16.0. The van der Waals surface area contributed by atoms with Crippen LogP contribution >= 0.6 is 0 Å². The predicted octanol–water partition coefficient (Wildman–Crippen LogP) is 5.72. The molecule has 0 aliphatic rings. The molecular weight excluding hydrogens is 467 g/mol. The number of fused-ring (bicyclic) bond motifs is 1. The molecule has 7 nitrogen and oxygen atoms in total. The van der Waals surface area contributed by atoms with Crippen molar-refractivity contribution in [1.82, 2.24) is 29.6 Å². The fourth-order valence-corrected chi connectivity index (χ4v) is 4.51. The fraction of sp³-hybridized carbons (Fsp3) is 0.207. The summed E-state index contributed by atoms with van der Waals surface area (Å²) >= 11 is 0. The average molecular weight is 495 g/mol. The number of carbonyl (C=O) groups is 1. The topological polar surface area (TPSA) is 76.8 Å². The summed E-state index contributed by atoms with van der Waals surface area (Å²) in [6.45, 7) is 6.35. The molecule has 5 rings (SSSR count). The van der Waals surface area contributed by atoms with Crippen LogP contribution in [0.3, 0.4) is 0 Å². The minimum absolute atomic E-state index is 0.0178. The summed E-state index contributed by atoms with van der Waals surface area (Å²) in [5.41, 5.74) is 5.46. The molecule has 0 saturated carbocycles. The van der Waals surface area contributed by atoms with Crippen LogP contribution in [0.25, 0.3) is 28.1 Å². The molecule has 186 valence electrons. The molecule has 0 fully saturated rings. The van der Waals surface area contributed by atoms with Gasteiger partial charge >= 0.3 is 0 Å². The molecule has 3 heterocycles. The van der Waals surface area contributed by atoms with Crippen LogP contribution in [0, 0.1) is 12.7 Å². The van der Waals surface area contributed by atoms with Crippen molar-refractivity contribution in [3.63, 3.8) is 0 Å². The Labute approximate surface area is 214 Å². The molecule has 0 atom stereocenters. The molecule has 8 heteroatoms. The number of hydrogen-bond donors (Lipinski definition) is 0. The Balaban J connectivity index is 1.49. The molecule has 0 aliphatic heterocycles. The first-order valence-electron chi connectivity index (χ1n) is 12.1. The molecular formula is C29H27FN6O. The Morgan fingerprint density at radius 3 is 2.57 bits per heavy atom. The molecule has 2 aromatic carbocycles. The van der Waals surface area contributed by atoms with E-state index in [1.54, 1.807) is 47.4 Å². The number of amides is 1. The third-order valence-electron chi connectivity index (χ3n) is 6.34. The number of aryl methyl sites for hydroxylation is 1. The summed E-state index contributed by atoms with van der Waals surface area (Å²) in [6.07, 6.45) is 5.06. The van der Waals surface area contributed by atoms with Gasteiger partial charge in [-0.3, -0.25) is 9.78 Å². The zero-order chi connectivity index (χ0) is 26.1. The number of rotatable bonds is 6. The van der Waals surface area contributed by atoms with E-state index in [9.17, 15) is 9.18 Å². The second-order valence-corrected chi connectivity index (χ2v) is 9.37. The van der Waals surface area contributed by atoms with Crippen molar-refractivity contribution >= 4 is 16.8 Å². The van der Waals surface area contributed by atoms with Crippen molar-refractivity contribution in [2.45, 2.75) is 33.2 Å². The van der Waals surface area contributed by atoms with Crippen LogP contribution < -0.4 is 0 Å². The number of nitrogens with zero attached hydrogens (tertiary/aromatic N) is 6. The van der Waals surface area contributed by atoms with E-state index < -0.39 is 0 Å². The maximum atomic E-state index is 13.6. The van der Waals surface area contributed by atoms with Gasteiger partial charge in [-0.05, 0) is 60.4 Å². The van der Waals surface area contributed by atoms with Gasteiger partial charge in [0.15, 0.2) is 0 Å². The van der Waals surface area contributed by atoms with Crippen molar-refractivity contribution in [2.24, 2.45) is 0 Å². The number of halogens is 1. The van der Waals surface area contributed by atoms with E-state index in [-0.39, 0.29) is 17.6 Å². The summed E-state index contributed by atoms with van der Waals surface area (Å²) in [7, 11) is 1.79. The van der Waals surface area contributed by atoms with E-state index in [1.165, 1.54) is 12.1 Å². The second kappa shape index (κ2) is 9.89. The van der Waals surface area contributed by atoms with E-state index in [0.717, 1.165) is 33.3 Å².